The van der Waals surface area contributed by atoms with Crippen molar-refractivity contribution in [3.8, 4) is 5.75 Å². The van der Waals surface area contributed by atoms with E-state index in [1.807, 2.05) is 0 Å². The second-order valence-electron chi connectivity index (χ2n) is 4.12. The molecule has 1 aliphatic carbocycles. The quantitative estimate of drug-likeness (QED) is 0.797. The summed E-state index contributed by atoms with van der Waals surface area (Å²) in [4.78, 5) is 18.3. The number of nitrogens with one attached hydrogen (secondary N) is 1. The summed E-state index contributed by atoms with van der Waals surface area (Å²) in [6.07, 6.45) is 3.72. The maximum absolute atomic E-state index is 11.5. The second kappa shape index (κ2) is 4.65. The van der Waals surface area contributed by atoms with E-state index in [0.29, 0.717) is 24.5 Å². The fraction of sp³-hybridized carbons (Fsp3) is 0.636. The number of aromatic amines is 1. The molecule has 0 spiro atoms. The molecule has 0 aromatic carbocycles. The normalized spacial score (nSPS) is 16.1. The van der Waals surface area contributed by atoms with Crippen LogP contribution in [0.5, 0.6) is 5.75 Å². The minimum absolute atomic E-state index is 0.217. The predicted molar refractivity (Wildman–Crippen MR) is 58.7 cm³/mol. The summed E-state index contributed by atoms with van der Waals surface area (Å²) in [5.74, 6) is 0.626. The first kappa shape index (κ1) is 11.1. The highest BCUT2D eigenvalue weighted by Gasteiger charge is 2.25. The molecule has 1 heterocycles. The van der Waals surface area contributed by atoms with E-state index in [2.05, 4.69) is 9.97 Å². The standard InChI is InChI=1S/C11H16N2O3/c1-16-6-5-8-12-9(7-3-2-4-7)10(14)11(15)13-8/h7,14H,2-6H2,1H3,(H,12,13,15). The SMILES string of the molecule is COCCc1nc(C2CCC2)c(O)c(=O)[nH]1. The fourth-order valence-electron chi connectivity index (χ4n) is 1.82. The lowest BCUT2D eigenvalue weighted by Gasteiger charge is -2.25. The minimum Gasteiger partial charge on any atom is -0.502 e. The first-order valence-electron chi connectivity index (χ1n) is 5.53. The summed E-state index contributed by atoms with van der Waals surface area (Å²) in [6, 6.07) is 0. The van der Waals surface area contributed by atoms with Crippen molar-refractivity contribution in [1.29, 1.82) is 0 Å². The van der Waals surface area contributed by atoms with Gasteiger partial charge in [0.15, 0.2) is 0 Å². The molecule has 2 rings (SSSR count). The number of methoxy groups -OCH3 is 1. The lowest BCUT2D eigenvalue weighted by Crippen LogP contribution is -2.20. The lowest BCUT2D eigenvalue weighted by molar-refractivity contribution is 0.200. The predicted octanol–water partition coefficient (Wildman–Crippen LogP) is 0.932. The molecule has 0 unspecified atom stereocenters. The molecule has 88 valence electrons. The molecule has 1 fully saturated rings. The van der Waals surface area contributed by atoms with E-state index in [-0.39, 0.29) is 11.7 Å². The van der Waals surface area contributed by atoms with Gasteiger partial charge < -0.3 is 14.8 Å². The molecule has 5 nitrogen and oxygen atoms in total. The zero-order valence-electron chi connectivity index (χ0n) is 9.32. The smallest absolute Gasteiger partial charge is 0.293 e. The molecule has 1 saturated carbocycles. The summed E-state index contributed by atoms with van der Waals surface area (Å²) in [7, 11) is 1.60. The van der Waals surface area contributed by atoms with Gasteiger partial charge in [0, 0.05) is 19.4 Å². The molecular formula is C11H16N2O3. The summed E-state index contributed by atoms with van der Waals surface area (Å²) in [6.45, 7) is 0.512. The Morgan fingerprint density at radius 1 is 1.56 bits per heavy atom. The first-order chi connectivity index (χ1) is 7.72. The first-order valence-corrected chi connectivity index (χ1v) is 5.53. The van der Waals surface area contributed by atoms with Crippen LogP contribution in [0.1, 0.15) is 36.7 Å². The van der Waals surface area contributed by atoms with Crippen LogP contribution in [0.25, 0.3) is 0 Å². The van der Waals surface area contributed by atoms with Gasteiger partial charge in [-0.25, -0.2) is 4.98 Å². The van der Waals surface area contributed by atoms with Crippen molar-refractivity contribution in [1.82, 2.24) is 9.97 Å². The van der Waals surface area contributed by atoms with Crippen LogP contribution in [0.4, 0.5) is 0 Å². The number of ether oxygens (including phenoxy) is 1. The van der Waals surface area contributed by atoms with Gasteiger partial charge in [0.25, 0.3) is 5.56 Å². The van der Waals surface area contributed by atoms with E-state index in [4.69, 9.17) is 4.74 Å². The number of aromatic nitrogens is 2. The minimum atomic E-state index is -0.442. The number of aromatic hydroxyl groups is 1. The van der Waals surface area contributed by atoms with Crippen LogP contribution >= 0.6 is 0 Å². The molecule has 0 bridgehead atoms. The molecule has 2 N–H and O–H groups in total. The Bertz CT molecular complexity index is 424. The molecule has 0 atom stereocenters. The molecule has 1 aromatic heterocycles. The third-order valence-corrected chi connectivity index (χ3v) is 3.01. The third kappa shape index (κ3) is 2.09. The molecule has 5 heteroatoms. The average molecular weight is 224 g/mol. The highest BCUT2D eigenvalue weighted by atomic mass is 16.5. The van der Waals surface area contributed by atoms with E-state index in [9.17, 15) is 9.90 Å². The Morgan fingerprint density at radius 2 is 2.31 bits per heavy atom. The van der Waals surface area contributed by atoms with Gasteiger partial charge in [-0.2, -0.15) is 0 Å². The number of hydrogen-bond acceptors (Lipinski definition) is 4. The molecule has 0 aliphatic heterocycles. The highest BCUT2D eigenvalue weighted by Crippen LogP contribution is 2.37. The van der Waals surface area contributed by atoms with E-state index in [1.54, 1.807) is 7.11 Å². The summed E-state index contributed by atoms with van der Waals surface area (Å²) < 4.78 is 4.93. The van der Waals surface area contributed by atoms with E-state index >= 15 is 0 Å². The summed E-state index contributed by atoms with van der Waals surface area (Å²) >= 11 is 0. The third-order valence-electron chi connectivity index (χ3n) is 3.01. The van der Waals surface area contributed by atoms with Crippen molar-refractivity contribution in [2.45, 2.75) is 31.6 Å². The van der Waals surface area contributed by atoms with E-state index in [0.717, 1.165) is 19.3 Å². The number of nitrogens with zero attached hydrogens (tertiary/aromatic N) is 1. The summed E-state index contributed by atoms with van der Waals surface area (Å²) in [5.41, 5.74) is 0.115. The second-order valence-corrected chi connectivity index (χ2v) is 4.12. The molecule has 0 radical (unpaired) electrons. The molecule has 1 aromatic rings. The van der Waals surface area contributed by atoms with E-state index < -0.39 is 5.56 Å². The van der Waals surface area contributed by atoms with Crippen LogP contribution in [0.15, 0.2) is 4.79 Å². The fourth-order valence-corrected chi connectivity index (χ4v) is 1.82. The van der Waals surface area contributed by atoms with Crippen molar-refractivity contribution in [3.05, 3.63) is 21.9 Å². The topological polar surface area (TPSA) is 75.2 Å². The van der Waals surface area contributed by atoms with Crippen LogP contribution in [0.2, 0.25) is 0 Å². The average Bonchev–Trinajstić information content (AvgIpc) is 2.19. The number of rotatable bonds is 4. The van der Waals surface area contributed by atoms with Gasteiger partial charge in [0.05, 0.1) is 12.3 Å². The largest absolute Gasteiger partial charge is 0.502 e. The van der Waals surface area contributed by atoms with Crippen LogP contribution in [0.3, 0.4) is 0 Å². The van der Waals surface area contributed by atoms with E-state index in [1.165, 1.54) is 0 Å². The van der Waals surface area contributed by atoms with Gasteiger partial charge in [0.2, 0.25) is 5.75 Å². The molecule has 16 heavy (non-hydrogen) atoms. The van der Waals surface area contributed by atoms with Crippen LogP contribution in [-0.4, -0.2) is 28.8 Å². The van der Waals surface area contributed by atoms with Crippen molar-refractivity contribution in [3.63, 3.8) is 0 Å². The zero-order valence-corrected chi connectivity index (χ0v) is 9.32. The molecule has 1 aliphatic rings. The van der Waals surface area contributed by atoms with Crippen LogP contribution < -0.4 is 5.56 Å². The highest BCUT2D eigenvalue weighted by molar-refractivity contribution is 5.28. The number of hydrogen-bond donors (Lipinski definition) is 2. The van der Waals surface area contributed by atoms with Crippen molar-refractivity contribution < 1.29 is 9.84 Å². The van der Waals surface area contributed by atoms with Gasteiger partial charge in [-0.15, -0.1) is 0 Å². The number of H-pyrrole nitrogens is 1. The van der Waals surface area contributed by atoms with Gasteiger partial charge >= 0.3 is 0 Å². The Morgan fingerprint density at radius 3 is 2.88 bits per heavy atom. The Balaban J connectivity index is 2.27. The molecule has 0 amide bonds. The van der Waals surface area contributed by atoms with Crippen molar-refractivity contribution in [2.24, 2.45) is 0 Å². The monoisotopic (exact) mass is 224 g/mol. The molecular weight excluding hydrogens is 208 g/mol. The summed E-state index contributed by atoms with van der Waals surface area (Å²) in [5, 5.41) is 9.65. The van der Waals surface area contributed by atoms with Gasteiger partial charge in [-0.1, -0.05) is 6.42 Å². The van der Waals surface area contributed by atoms with Crippen LogP contribution in [-0.2, 0) is 11.2 Å². The maximum Gasteiger partial charge on any atom is 0.293 e. The Kier molecular flexibility index (Phi) is 3.24. The van der Waals surface area contributed by atoms with Crippen molar-refractivity contribution in [2.75, 3.05) is 13.7 Å². The van der Waals surface area contributed by atoms with Gasteiger partial charge in [-0.05, 0) is 12.8 Å². The van der Waals surface area contributed by atoms with Gasteiger partial charge in [-0.3, -0.25) is 4.79 Å². The molecule has 0 saturated heterocycles. The Labute approximate surface area is 93.5 Å². The van der Waals surface area contributed by atoms with Crippen LogP contribution in [0, 0.1) is 0 Å². The Hall–Kier alpha value is -1.36. The van der Waals surface area contributed by atoms with Gasteiger partial charge in [0.1, 0.15) is 5.82 Å². The van der Waals surface area contributed by atoms with Crippen molar-refractivity contribution >= 4 is 0 Å². The zero-order chi connectivity index (χ0) is 11.5. The maximum atomic E-state index is 11.5. The lowest BCUT2D eigenvalue weighted by atomic mass is 9.82.